The van der Waals surface area contributed by atoms with Gasteiger partial charge in [-0.1, -0.05) is 40.2 Å². The molecule has 0 aliphatic carbocycles. The average molecular weight is 308 g/mol. The Balaban J connectivity index is 2.48. The van der Waals surface area contributed by atoms with E-state index in [0.29, 0.717) is 0 Å². The van der Waals surface area contributed by atoms with Gasteiger partial charge in [0.2, 0.25) is 0 Å². The van der Waals surface area contributed by atoms with Gasteiger partial charge in [-0.25, -0.2) is 4.39 Å². The van der Waals surface area contributed by atoms with Crippen molar-refractivity contribution < 1.29 is 4.39 Å². The van der Waals surface area contributed by atoms with Crippen LogP contribution in [0.5, 0.6) is 0 Å². The van der Waals surface area contributed by atoms with Crippen molar-refractivity contribution >= 4 is 15.9 Å². The number of halogens is 2. The fourth-order valence-electron chi connectivity index (χ4n) is 2.07. The summed E-state index contributed by atoms with van der Waals surface area (Å²) >= 11 is 3.56. The first-order valence-electron chi connectivity index (χ1n) is 5.77. The van der Waals surface area contributed by atoms with Crippen LogP contribution >= 0.6 is 15.9 Å². The highest BCUT2D eigenvalue weighted by atomic mass is 79.9. The van der Waals surface area contributed by atoms with Gasteiger partial charge in [0, 0.05) is 4.47 Å². The summed E-state index contributed by atoms with van der Waals surface area (Å²) in [7, 11) is 0. The number of benzene rings is 2. The SMILES string of the molecule is Cc1cc(F)ccc1C(N)c1cccc(C)c1Br. The Bertz CT molecular complexity index is 581. The van der Waals surface area contributed by atoms with Gasteiger partial charge in [-0.05, 0) is 48.2 Å². The van der Waals surface area contributed by atoms with Gasteiger partial charge in [0.25, 0.3) is 0 Å². The maximum Gasteiger partial charge on any atom is 0.123 e. The summed E-state index contributed by atoms with van der Waals surface area (Å²) in [6.07, 6.45) is 0. The first kappa shape index (κ1) is 13.2. The van der Waals surface area contributed by atoms with Gasteiger partial charge >= 0.3 is 0 Å². The predicted molar refractivity (Wildman–Crippen MR) is 76.0 cm³/mol. The molecule has 2 aromatic carbocycles. The molecule has 0 fully saturated rings. The summed E-state index contributed by atoms with van der Waals surface area (Å²) in [6, 6.07) is 10.5. The summed E-state index contributed by atoms with van der Waals surface area (Å²) in [5, 5.41) is 0. The zero-order chi connectivity index (χ0) is 13.3. The second-order valence-corrected chi connectivity index (χ2v) is 5.25. The van der Waals surface area contributed by atoms with E-state index >= 15 is 0 Å². The molecule has 0 aliphatic rings. The third-order valence-corrected chi connectivity index (χ3v) is 4.21. The van der Waals surface area contributed by atoms with Gasteiger partial charge in [-0.2, -0.15) is 0 Å². The largest absolute Gasteiger partial charge is 0.320 e. The van der Waals surface area contributed by atoms with Crippen molar-refractivity contribution in [3.05, 3.63) is 68.9 Å². The summed E-state index contributed by atoms with van der Waals surface area (Å²) < 4.78 is 14.1. The van der Waals surface area contributed by atoms with E-state index in [1.54, 1.807) is 6.07 Å². The van der Waals surface area contributed by atoms with Crippen molar-refractivity contribution in [3.63, 3.8) is 0 Å². The molecule has 0 saturated carbocycles. The van der Waals surface area contributed by atoms with Gasteiger partial charge < -0.3 is 5.73 Å². The van der Waals surface area contributed by atoms with Crippen molar-refractivity contribution in [2.24, 2.45) is 5.73 Å². The second kappa shape index (κ2) is 5.21. The first-order chi connectivity index (χ1) is 8.50. The number of nitrogens with two attached hydrogens (primary N) is 1. The molecule has 0 saturated heterocycles. The molecule has 0 amide bonds. The molecule has 1 atom stereocenters. The topological polar surface area (TPSA) is 26.0 Å². The molecule has 1 unspecified atom stereocenters. The molecule has 2 rings (SSSR count). The third kappa shape index (κ3) is 2.47. The van der Waals surface area contributed by atoms with Crippen LogP contribution in [-0.4, -0.2) is 0 Å². The Morgan fingerprint density at radius 1 is 1.06 bits per heavy atom. The predicted octanol–water partition coefficient (Wildman–Crippen LogP) is 4.25. The van der Waals surface area contributed by atoms with Crippen LogP contribution in [0.25, 0.3) is 0 Å². The molecule has 2 aromatic rings. The van der Waals surface area contributed by atoms with Crippen LogP contribution in [0.4, 0.5) is 4.39 Å². The van der Waals surface area contributed by atoms with Crippen LogP contribution < -0.4 is 5.73 Å². The van der Waals surface area contributed by atoms with Crippen molar-refractivity contribution in [2.75, 3.05) is 0 Å². The van der Waals surface area contributed by atoms with Crippen LogP contribution in [0.1, 0.15) is 28.3 Å². The van der Waals surface area contributed by atoms with E-state index in [1.807, 2.05) is 32.0 Å². The van der Waals surface area contributed by atoms with Crippen molar-refractivity contribution in [2.45, 2.75) is 19.9 Å². The number of hydrogen-bond donors (Lipinski definition) is 1. The van der Waals surface area contributed by atoms with Crippen molar-refractivity contribution in [1.29, 1.82) is 0 Å². The lowest BCUT2D eigenvalue weighted by Crippen LogP contribution is -2.14. The lowest BCUT2D eigenvalue weighted by atomic mass is 9.95. The number of hydrogen-bond acceptors (Lipinski definition) is 1. The molecule has 0 spiro atoms. The second-order valence-electron chi connectivity index (χ2n) is 4.46. The Hall–Kier alpha value is -1.19. The van der Waals surface area contributed by atoms with Gasteiger partial charge in [-0.15, -0.1) is 0 Å². The van der Waals surface area contributed by atoms with Gasteiger partial charge in [0.1, 0.15) is 5.82 Å². The smallest absolute Gasteiger partial charge is 0.123 e. The maximum absolute atomic E-state index is 13.1. The van der Waals surface area contributed by atoms with Gasteiger partial charge in [0.15, 0.2) is 0 Å². The highest BCUT2D eigenvalue weighted by molar-refractivity contribution is 9.10. The minimum Gasteiger partial charge on any atom is -0.320 e. The number of aryl methyl sites for hydroxylation is 2. The minimum atomic E-state index is -0.250. The molecule has 0 aliphatic heterocycles. The minimum absolute atomic E-state index is 0.230. The van der Waals surface area contributed by atoms with Crippen LogP contribution in [0.2, 0.25) is 0 Å². The zero-order valence-electron chi connectivity index (χ0n) is 10.4. The Morgan fingerprint density at radius 2 is 1.78 bits per heavy atom. The summed E-state index contributed by atoms with van der Waals surface area (Å²) in [5.41, 5.74) is 10.3. The molecule has 2 N–H and O–H groups in total. The Kier molecular flexibility index (Phi) is 3.83. The molecule has 0 aromatic heterocycles. The quantitative estimate of drug-likeness (QED) is 0.881. The molecule has 94 valence electrons. The lowest BCUT2D eigenvalue weighted by molar-refractivity contribution is 0.624. The third-order valence-electron chi connectivity index (χ3n) is 3.12. The fourth-order valence-corrected chi connectivity index (χ4v) is 2.58. The molecule has 0 bridgehead atoms. The van der Waals surface area contributed by atoms with Crippen LogP contribution in [0.3, 0.4) is 0 Å². The molecule has 18 heavy (non-hydrogen) atoms. The summed E-state index contributed by atoms with van der Waals surface area (Å²) in [5.74, 6) is -0.230. The van der Waals surface area contributed by atoms with E-state index in [9.17, 15) is 4.39 Å². The van der Waals surface area contributed by atoms with E-state index in [2.05, 4.69) is 15.9 Å². The van der Waals surface area contributed by atoms with E-state index in [-0.39, 0.29) is 11.9 Å². The summed E-state index contributed by atoms with van der Waals surface area (Å²) in [4.78, 5) is 0. The van der Waals surface area contributed by atoms with Gasteiger partial charge in [0.05, 0.1) is 6.04 Å². The van der Waals surface area contributed by atoms with E-state index < -0.39 is 0 Å². The highest BCUT2D eigenvalue weighted by Crippen LogP contribution is 2.30. The monoisotopic (exact) mass is 307 g/mol. The van der Waals surface area contributed by atoms with Crippen LogP contribution in [0, 0.1) is 19.7 Å². The molecule has 3 heteroatoms. The molecular formula is C15H15BrFN. The van der Waals surface area contributed by atoms with E-state index in [0.717, 1.165) is 26.7 Å². The van der Waals surface area contributed by atoms with E-state index in [1.165, 1.54) is 12.1 Å². The molecule has 0 heterocycles. The summed E-state index contributed by atoms with van der Waals surface area (Å²) in [6.45, 7) is 3.90. The highest BCUT2D eigenvalue weighted by Gasteiger charge is 2.15. The molecule has 0 radical (unpaired) electrons. The van der Waals surface area contributed by atoms with Crippen molar-refractivity contribution in [3.8, 4) is 0 Å². The zero-order valence-corrected chi connectivity index (χ0v) is 12.0. The van der Waals surface area contributed by atoms with Gasteiger partial charge in [-0.3, -0.25) is 0 Å². The van der Waals surface area contributed by atoms with Crippen LogP contribution in [-0.2, 0) is 0 Å². The van der Waals surface area contributed by atoms with Crippen LogP contribution in [0.15, 0.2) is 40.9 Å². The normalized spacial score (nSPS) is 12.5. The number of rotatable bonds is 2. The maximum atomic E-state index is 13.1. The first-order valence-corrected chi connectivity index (χ1v) is 6.56. The molecular weight excluding hydrogens is 293 g/mol. The standard InChI is InChI=1S/C15H15BrFN/c1-9-4-3-5-13(14(9)16)15(18)12-7-6-11(17)8-10(12)2/h3-8,15H,18H2,1-2H3. The fraction of sp³-hybridized carbons (Fsp3) is 0.200. The lowest BCUT2D eigenvalue weighted by Gasteiger charge is -2.17. The Labute approximate surface area is 115 Å². The Morgan fingerprint density at radius 3 is 2.44 bits per heavy atom. The van der Waals surface area contributed by atoms with E-state index in [4.69, 9.17) is 5.73 Å². The average Bonchev–Trinajstić information content (AvgIpc) is 2.32. The van der Waals surface area contributed by atoms with Crippen molar-refractivity contribution in [1.82, 2.24) is 0 Å². The molecule has 1 nitrogen and oxygen atoms in total.